The second kappa shape index (κ2) is 5.45. The minimum Gasteiger partial charge on any atom is -0.296 e. The average Bonchev–Trinajstić information content (AvgIpc) is 2.47. The van der Waals surface area contributed by atoms with Crippen LogP contribution < -0.4 is 5.56 Å². The van der Waals surface area contributed by atoms with Crippen LogP contribution in [0.25, 0.3) is 12.2 Å². The molecule has 2 heterocycles. The minimum atomic E-state index is 0.0641. The first-order valence-electron chi connectivity index (χ1n) is 7.09. The monoisotopic (exact) mass is 266 g/mol. The van der Waals surface area contributed by atoms with Gasteiger partial charge in [-0.2, -0.15) is 0 Å². The first-order chi connectivity index (χ1) is 9.74. The summed E-state index contributed by atoms with van der Waals surface area (Å²) in [6, 6.07) is 11.7. The summed E-state index contributed by atoms with van der Waals surface area (Å²) in [5.74, 6) is 1.29. The topological polar surface area (TPSA) is 34.9 Å². The molecule has 1 aliphatic rings. The highest BCUT2D eigenvalue weighted by molar-refractivity contribution is 5.67. The van der Waals surface area contributed by atoms with Gasteiger partial charge in [-0.25, -0.2) is 4.98 Å². The number of benzene rings is 1. The maximum Gasteiger partial charge on any atom is 0.254 e. The Kier molecular flexibility index (Phi) is 3.50. The molecule has 0 aliphatic carbocycles. The molecule has 2 aromatic rings. The van der Waals surface area contributed by atoms with Gasteiger partial charge in [-0.15, -0.1) is 0 Å². The van der Waals surface area contributed by atoms with E-state index in [1.165, 1.54) is 0 Å². The molecule has 0 amide bonds. The molecule has 3 rings (SSSR count). The molecular weight excluding hydrogens is 248 g/mol. The van der Waals surface area contributed by atoms with Crippen LogP contribution in [0.2, 0.25) is 0 Å². The van der Waals surface area contributed by atoms with E-state index in [2.05, 4.69) is 11.9 Å². The van der Waals surface area contributed by atoms with Crippen LogP contribution in [0.3, 0.4) is 0 Å². The van der Waals surface area contributed by atoms with E-state index < -0.39 is 0 Å². The van der Waals surface area contributed by atoms with Crippen molar-refractivity contribution < 1.29 is 0 Å². The largest absolute Gasteiger partial charge is 0.296 e. The third kappa shape index (κ3) is 2.57. The Balaban J connectivity index is 1.96. The standard InChI is InChI=1S/C17H18N2O/c1-13-6-5-11-19-16(20)12-15(18-17(13)19)10-9-14-7-3-2-4-8-14/h2-4,7-10,12-13H,5-6,11H2,1H3/b10-9+. The van der Waals surface area contributed by atoms with Crippen LogP contribution in [-0.2, 0) is 6.54 Å². The van der Waals surface area contributed by atoms with Gasteiger partial charge in [0.15, 0.2) is 0 Å². The molecule has 0 radical (unpaired) electrons. The number of hydrogen-bond donors (Lipinski definition) is 0. The zero-order chi connectivity index (χ0) is 13.9. The van der Waals surface area contributed by atoms with Crippen molar-refractivity contribution in [3.05, 3.63) is 63.8 Å². The predicted octanol–water partition coefficient (Wildman–Crippen LogP) is 3.31. The second-order valence-electron chi connectivity index (χ2n) is 5.32. The molecule has 0 saturated heterocycles. The summed E-state index contributed by atoms with van der Waals surface area (Å²) >= 11 is 0. The normalized spacial score (nSPS) is 18.1. The van der Waals surface area contributed by atoms with Gasteiger partial charge in [0.05, 0.1) is 5.69 Å². The molecule has 0 N–H and O–H groups in total. The quantitative estimate of drug-likeness (QED) is 0.836. The van der Waals surface area contributed by atoms with Gasteiger partial charge in [-0.3, -0.25) is 9.36 Å². The zero-order valence-corrected chi connectivity index (χ0v) is 11.6. The molecule has 1 atom stereocenters. The summed E-state index contributed by atoms with van der Waals surface area (Å²) in [4.78, 5) is 16.8. The molecule has 1 aromatic carbocycles. The maximum absolute atomic E-state index is 12.1. The van der Waals surface area contributed by atoms with Crippen molar-refractivity contribution in [3.63, 3.8) is 0 Å². The average molecular weight is 266 g/mol. The van der Waals surface area contributed by atoms with Crippen LogP contribution in [0.4, 0.5) is 0 Å². The molecule has 20 heavy (non-hydrogen) atoms. The summed E-state index contributed by atoms with van der Waals surface area (Å²) in [6.07, 6.45) is 6.08. The Morgan fingerprint density at radius 2 is 2.05 bits per heavy atom. The maximum atomic E-state index is 12.1. The highest BCUT2D eigenvalue weighted by Crippen LogP contribution is 2.23. The van der Waals surface area contributed by atoms with Crippen molar-refractivity contribution in [1.29, 1.82) is 0 Å². The van der Waals surface area contributed by atoms with Crippen molar-refractivity contribution in [2.24, 2.45) is 0 Å². The fourth-order valence-electron chi connectivity index (χ4n) is 2.66. The molecule has 0 saturated carbocycles. The first-order valence-corrected chi connectivity index (χ1v) is 7.09. The lowest BCUT2D eigenvalue weighted by atomic mass is 10.0. The summed E-state index contributed by atoms with van der Waals surface area (Å²) < 4.78 is 1.81. The van der Waals surface area contributed by atoms with Crippen LogP contribution in [0.1, 0.15) is 42.8 Å². The van der Waals surface area contributed by atoms with Gasteiger partial charge in [-0.05, 0) is 24.5 Å². The molecule has 0 fully saturated rings. The van der Waals surface area contributed by atoms with E-state index in [4.69, 9.17) is 0 Å². The fraction of sp³-hybridized carbons (Fsp3) is 0.294. The fourth-order valence-corrected chi connectivity index (χ4v) is 2.66. The Morgan fingerprint density at radius 1 is 1.25 bits per heavy atom. The van der Waals surface area contributed by atoms with E-state index in [0.717, 1.165) is 36.5 Å². The van der Waals surface area contributed by atoms with E-state index in [-0.39, 0.29) is 5.56 Å². The van der Waals surface area contributed by atoms with Crippen molar-refractivity contribution in [3.8, 4) is 0 Å². The molecule has 1 unspecified atom stereocenters. The van der Waals surface area contributed by atoms with Crippen molar-refractivity contribution in [2.75, 3.05) is 0 Å². The number of hydrogen-bond acceptors (Lipinski definition) is 2. The van der Waals surface area contributed by atoms with Crippen LogP contribution >= 0.6 is 0 Å². The number of aromatic nitrogens is 2. The minimum absolute atomic E-state index is 0.0641. The zero-order valence-electron chi connectivity index (χ0n) is 11.6. The highest BCUT2D eigenvalue weighted by Gasteiger charge is 2.18. The lowest BCUT2D eigenvalue weighted by Gasteiger charge is -2.22. The van der Waals surface area contributed by atoms with E-state index in [1.807, 2.05) is 47.1 Å². The molecule has 3 heteroatoms. The third-order valence-electron chi connectivity index (χ3n) is 3.76. The summed E-state index contributed by atoms with van der Waals surface area (Å²) in [6.45, 7) is 2.94. The lowest BCUT2D eigenvalue weighted by molar-refractivity contribution is 0.442. The summed E-state index contributed by atoms with van der Waals surface area (Å²) in [7, 11) is 0. The van der Waals surface area contributed by atoms with Gasteiger partial charge in [-0.1, -0.05) is 43.3 Å². The molecule has 0 spiro atoms. The molecule has 1 aromatic heterocycles. The van der Waals surface area contributed by atoms with Crippen LogP contribution in [0.15, 0.2) is 41.2 Å². The van der Waals surface area contributed by atoms with E-state index in [0.29, 0.717) is 5.92 Å². The summed E-state index contributed by atoms with van der Waals surface area (Å²) in [5, 5.41) is 0. The first kappa shape index (κ1) is 12.9. The van der Waals surface area contributed by atoms with Gasteiger partial charge in [0, 0.05) is 18.5 Å². The van der Waals surface area contributed by atoms with Crippen molar-refractivity contribution >= 4 is 12.2 Å². The lowest BCUT2D eigenvalue weighted by Crippen LogP contribution is -2.29. The van der Waals surface area contributed by atoms with Gasteiger partial charge < -0.3 is 0 Å². The van der Waals surface area contributed by atoms with E-state index in [9.17, 15) is 4.79 Å². The molecule has 1 aliphatic heterocycles. The van der Waals surface area contributed by atoms with Gasteiger partial charge in [0.2, 0.25) is 0 Å². The van der Waals surface area contributed by atoms with Crippen molar-refractivity contribution in [2.45, 2.75) is 32.2 Å². The van der Waals surface area contributed by atoms with Crippen LogP contribution in [0.5, 0.6) is 0 Å². The summed E-state index contributed by atoms with van der Waals surface area (Å²) in [5.41, 5.74) is 1.92. The SMILES string of the molecule is CC1CCCn2c1nc(/C=C/c1ccccc1)cc2=O. The Morgan fingerprint density at radius 3 is 2.85 bits per heavy atom. The highest BCUT2D eigenvalue weighted by atomic mass is 16.1. The van der Waals surface area contributed by atoms with Gasteiger partial charge >= 0.3 is 0 Å². The second-order valence-corrected chi connectivity index (χ2v) is 5.32. The van der Waals surface area contributed by atoms with Crippen LogP contribution in [-0.4, -0.2) is 9.55 Å². The van der Waals surface area contributed by atoms with E-state index in [1.54, 1.807) is 6.07 Å². The van der Waals surface area contributed by atoms with Gasteiger partial charge in [0.25, 0.3) is 5.56 Å². The van der Waals surface area contributed by atoms with Crippen LogP contribution in [0, 0.1) is 0 Å². The van der Waals surface area contributed by atoms with Crippen molar-refractivity contribution in [1.82, 2.24) is 9.55 Å². The number of fused-ring (bicyclic) bond motifs is 1. The number of rotatable bonds is 2. The molecule has 0 bridgehead atoms. The van der Waals surface area contributed by atoms with E-state index >= 15 is 0 Å². The predicted molar refractivity (Wildman–Crippen MR) is 81.5 cm³/mol. The van der Waals surface area contributed by atoms with Gasteiger partial charge in [0.1, 0.15) is 5.82 Å². The molecule has 102 valence electrons. The Bertz CT molecular complexity index is 686. The Labute approximate surface area is 118 Å². The third-order valence-corrected chi connectivity index (χ3v) is 3.76. The smallest absolute Gasteiger partial charge is 0.254 e. The Hall–Kier alpha value is -2.16. The molecular formula is C17H18N2O. The number of nitrogens with zero attached hydrogens (tertiary/aromatic N) is 2. The molecule has 3 nitrogen and oxygen atoms in total.